The highest BCUT2D eigenvalue weighted by atomic mass is 32.1. The van der Waals surface area contributed by atoms with Gasteiger partial charge in [-0.3, -0.25) is 9.59 Å². The molecule has 0 spiro atoms. The number of carbonyl (C=O) groups is 3. The molecule has 0 saturated heterocycles. The summed E-state index contributed by atoms with van der Waals surface area (Å²) in [6.45, 7) is -0.514. The molecule has 1 heterocycles. The summed E-state index contributed by atoms with van der Waals surface area (Å²) in [7, 11) is 0. The number of rotatable bonds is 6. The van der Waals surface area contributed by atoms with Crippen LogP contribution >= 0.6 is 11.3 Å². The zero-order valence-electron chi connectivity index (χ0n) is 17.2. The van der Waals surface area contributed by atoms with Gasteiger partial charge in [0.1, 0.15) is 11.1 Å². The Balaban J connectivity index is 1.44. The highest BCUT2D eigenvalue weighted by Gasteiger charge is 2.23. The Morgan fingerprint density at radius 1 is 0.969 bits per heavy atom. The van der Waals surface area contributed by atoms with Crippen LogP contribution in [0.1, 0.15) is 55.1 Å². The molecule has 1 aliphatic rings. The largest absolute Gasteiger partial charge is 0.452 e. The lowest BCUT2D eigenvalue weighted by molar-refractivity contribution is -0.119. The Labute approximate surface area is 189 Å². The Bertz CT molecular complexity index is 1220. The molecule has 1 aromatic heterocycles. The fourth-order valence-corrected chi connectivity index (χ4v) is 5.00. The quantitative estimate of drug-likeness (QED) is 0.445. The minimum atomic E-state index is -0.758. The Morgan fingerprint density at radius 2 is 1.66 bits per heavy atom. The van der Waals surface area contributed by atoms with Crippen molar-refractivity contribution in [1.82, 2.24) is 0 Å². The molecule has 3 aromatic rings. The SMILES string of the molecule is N#Cc1c(NC(=O)COC(=O)c2ccccc2C(=O)c2ccccc2)sc2c1CCCC2. The number of ether oxygens (including phenoxy) is 1. The van der Waals surface area contributed by atoms with E-state index >= 15 is 0 Å². The molecule has 2 aromatic carbocycles. The van der Waals surface area contributed by atoms with E-state index in [4.69, 9.17) is 4.74 Å². The van der Waals surface area contributed by atoms with E-state index in [1.807, 2.05) is 0 Å². The maximum atomic E-state index is 12.8. The molecule has 7 heteroatoms. The molecule has 160 valence electrons. The van der Waals surface area contributed by atoms with Crippen LogP contribution in [0.15, 0.2) is 54.6 Å². The molecule has 32 heavy (non-hydrogen) atoms. The number of hydrogen-bond donors (Lipinski definition) is 1. The number of anilines is 1. The van der Waals surface area contributed by atoms with Crippen LogP contribution in [0.25, 0.3) is 0 Å². The minimum absolute atomic E-state index is 0.0958. The molecule has 0 unspecified atom stereocenters. The number of aryl methyl sites for hydroxylation is 1. The third-order valence-electron chi connectivity index (χ3n) is 5.30. The molecular weight excluding hydrogens is 424 g/mol. The number of hydrogen-bond acceptors (Lipinski definition) is 6. The molecule has 0 aliphatic heterocycles. The van der Waals surface area contributed by atoms with E-state index in [1.54, 1.807) is 48.5 Å². The first-order valence-electron chi connectivity index (χ1n) is 10.3. The number of nitrogens with zero attached hydrogens (tertiary/aromatic N) is 1. The maximum absolute atomic E-state index is 12.8. The summed E-state index contributed by atoms with van der Waals surface area (Å²) >= 11 is 1.41. The smallest absolute Gasteiger partial charge is 0.339 e. The number of fused-ring (bicyclic) bond motifs is 1. The van der Waals surface area contributed by atoms with Crippen molar-refractivity contribution in [3.05, 3.63) is 87.3 Å². The van der Waals surface area contributed by atoms with Crippen LogP contribution in [-0.4, -0.2) is 24.3 Å². The maximum Gasteiger partial charge on any atom is 0.339 e. The van der Waals surface area contributed by atoms with Gasteiger partial charge in [-0.1, -0.05) is 48.5 Å². The van der Waals surface area contributed by atoms with Crippen LogP contribution in [0.5, 0.6) is 0 Å². The van der Waals surface area contributed by atoms with Crippen molar-refractivity contribution < 1.29 is 19.1 Å². The number of nitriles is 1. The van der Waals surface area contributed by atoms with Gasteiger partial charge in [0.25, 0.3) is 5.91 Å². The molecule has 0 radical (unpaired) electrons. The van der Waals surface area contributed by atoms with Gasteiger partial charge in [-0.05, 0) is 37.3 Å². The van der Waals surface area contributed by atoms with Gasteiger partial charge in [0.2, 0.25) is 0 Å². The predicted octanol–water partition coefficient (Wildman–Crippen LogP) is 4.53. The lowest BCUT2D eigenvalue weighted by Crippen LogP contribution is -2.22. The summed E-state index contributed by atoms with van der Waals surface area (Å²) in [6.07, 6.45) is 3.85. The molecule has 1 N–H and O–H groups in total. The molecule has 0 bridgehead atoms. The number of esters is 1. The van der Waals surface area contributed by atoms with E-state index < -0.39 is 18.5 Å². The molecule has 1 aliphatic carbocycles. The normalized spacial score (nSPS) is 12.3. The first-order chi connectivity index (χ1) is 15.6. The number of benzene rings is 2. The standard InChI is InChI=1S/C25H20N2O4S/c26-14-20-17-10-6-7-13-21(17)32-24(20)27-22(28)15-31-25(30)19-12-5-4-11-18(19)23(29)16-8-2-1-3-9-16/h1-5,8-9,11-12H,6-7,10,13,15H2,(H,27,28). The summed E-state index contributed by atoms with van der Waals surface area (Å²) in [5.41, 5.74) is 2.28. The fourth-order valence-electron chi connectivity index (χ4n) is 3.75. The first kappa shape index (κ1) is 21.5. The molecular formula is C25H20N2O4S. The average Bonchev–Trinajstić information content (AvgIpc) is 3.19. The van der Waals surface area contributed by atoms with Crippen LogP contribution in [0.4, 0.5) is 5.00 Å². The molecule has 0 atom stereocenters. The van der Waals surface area contributed by atoms with Gasteiger partial charge in [0.15, 0.2) is 12.4 Å². The van der Waals surface area contributed by atoms with Gasteiger partial charge >= 0.3 is 5.97 Å². The van der Waals surface area contributed by atoms with Crippen LogP contribution < -0.4 is 5.32 Å². The van der Waals surface area contributed by atoms with Crippen molar-refractivity contribution in [1.29, 1.82) is 5.26 Å². The van der Waals surface area contributed by atoms with E-state index in [2.05, 4.69) is 11.4 Å². The minimum Gasteiger partial charge on any atom is -0.452 e. The van der Waals surface area contributed by atoms with Crippen molar-refractivity contribution in [2.75, 3.05) is 11.9 Å². The van der Waals surface area contributed by atoms with Gasteiger partial charge in [0, 0.05) is 16.0 Å². The molecule has 1 amide bonds. The topological polar surface area (TPSA) is 96.3 Å². The highest BCUT2D eigenvalue weighted by molar-refractivity contribution is 7.16. The summed E-state index contributed by atoms with van der Waals surface area (Å²) in [4.78, 5) is 39.0. The molecule has 4 rings (SSSR count). The van der Waals surface area contributed by atoms with Crippen LogP contribution in [0.3, 0.4) is 0 Å². The average molecular weight is 445 g/mol. The number of carbonyl (C=O) groups excluding carboxylic acids is 3. The van der Waals surface area contributed by atoms with Gasteiger partial charge in [-0.2, -0.15) is 5.26 Å². The van der Waals surface area contributed by atoms with Gasteiger partial charge in [-0.25, -0.2) is 4.79 Å². The highest BCUT2D eigenvalue weighted by Crippen LogP contribution is 2.37. The predicted molar refractivity (Wildman–Crippen MR) is 121 cm³/mol. The molecule has 0 saturated carbocycles. The van der Waals surface area contributed by atoms with Crippen LogP contribution in [0.2, 0.25) is 0 Å². The second-order valence-electron chi connectivity index (χ2n) is 7.39. The first-order valence-corrected chi connectivity index (χ1v) is 11.1. The number of nitrogens with one attached hydrogen (secondary N) is 1. The van der Waals surface area contributed by atoms with E-state index in [-0.39, 0.29) is 16.9 Å². The van der Waals surface area contributed by atoms with E-state index in [0.29, 0.717) is 16.1 Å². The second-order valence-corrected chi connectivity index (χ2v) is 8.50. The van der Waals surface area contributed by atoms with Crippen molar-refractivity contribution in [2.45, 2.75) is 25.7 Å². The van der Waals surface area contributed by atoms with Crippen LogP contribution in [-0.2, 0) is 22.4 Å². The van der Waals surface area contributed by atoms with Crippen molar-refractivity contribution in [3.63, 3.8) is 0 Å². The van der Waals surface area contributed by atoms with Crippen LogP contribution in [0, 0.1) is 11.3 Å². The Kier molecular flexibility index (Phi) is 6.43. The monoisotopic (exact) mass is 444 g/mol. The van der Waals surface area contributed by atoms with E-state index in [9.17, 15) is 19.6 Å². The number of thiophene rings is 1. The van der Waals surface area contributed by atoms with E-state index in [1.165, 1.54) is 17.4 Å². The van der Waals surface area contributed by atoms with Crippen molar-refractivity contribution in [2.24, 2.45) is 0 Å². The van der Waals surface area contributed by atoms with Gasteiger partial charge in [0.05, 0.1) is 11.1 Å². The lowest BCUT2D eigenvalue weighted by atomic mass is 9.96. The van der Waals surface area contributed by atoms with E-state index in [0.717, 1.165) is 36.1 Å². The second kappa shape index (κ2) is 9.58. The molecule has 0 fully saturated rings. The number of amides is 1. The lowest BCUT2D eigenvalue weighted by Gasteiger charge is -2.10. The summed E-state index contributed by atoms with van der Waals surface area (Å²) in [6, 6.07) is 17.2. The fraction of sp³-hybridized carbons (Fsp3) is 0.200. The third-order valence-corrected chi connectivity index (χ3v) is 6.51. The molecule has 6 nitrogen and oxygen atoms in total. The van der Waals surface area contributed by atoms with Gasteiger partial charge in [-0.15, -0.1) is 11.3 Å². The number of ketones is 1. The Hall–Kier alpha value is -3.76. The Morgan fingerprint density at radius 3 is 2.41 bits per heavy atom. The summed E-state index contributed by atoms with van der Waals surface area (Å²) < 4.78 is 5.18. The summed E-state index contributed by atoms with van der Waals surface area (Å²) in [5.74, 6) is -1.59. The zero-order chi connectivity index (χ0) is 22.5. The zero-order valence-corrected chi connectivity index (χ0v) is 18.0. The van der Waals surface area contributed by atoms with Crippen molar-refractivity contribution in [3.8, 4) is 6.07 Å². The summed E-state index contributed by atoms with van der Waals surface area (Å²) in [5, 5.41) is 12.7. The third kappa shape index (κ3) is 4.46. The van der Waals surface area contributed by atoms with Crippen molar-refractivity contribution >= 4 is 34.0 Å². The van der Waals surface area contributed by atoms with Gasteiger partial charge < -0.3 is 10.1 Å².